The van der Waals surface area contributed by atoms with Gasteiger partial charge in [-0.15, -0.1) is 0 Å². The van der Waals surface area contributed by atoms with Crippen molar-refractivity contribution in [2.75, 3.05) is 25.5 Å². The number of aromatic nitrogens is 3. The summed E-state index contributed by atoms with van der Waals surface area (Å²) >= 11 is 0. The number of piperidine rings is 1. The van der Waals surface area contributed by atoms with E-state index in [-0.39, 0.29) is 12.1 Å². The van der Waals surface area contributed by atoms with Gasteiger partial charge in [-0.3, -0.25) is 15.0 Å². The van der Waals surface area contributed by atoms with Gasteiger partial charge in [-0.1, -0.05) is 6.07 Å². The second-order valence-electron chi connectivity index (χ2n) is 6.79. The monoisotopic (exact) mass is 342 g/mol. The minimum Gasteiger partial charge on any atom is -0.335 e. The van der Waals surface area contributed by atoms with Gasteiger partial charge in [-0.05, 0) is 57.5 Å². The summed E-state index contributed by atoms with van der Waals surface area (Å²) in [7, 11) is 2.14. The summed E-state index contributed by atoms with van der Waals surface area (Å²) < 4.78 is 1.78. The largest absolute Gasteiger partial charge is 0.335 e. The predicted molar refractivity (Wildman–Crippen MR) is 97.4 cm³/mol. The molecule has 0 bridgehead atoms. The SMILES string of the molecule is C[C@H](NC(=O)Nc1ccn(Cc2cccnc2)n1)C1CCN(C)CC1. The van der Waals surface area contributed by atoms with Crippen LogP contribution in [0, 0.1) is 5.92 Å². The zero-order valence-electron chi connectivity index (χ0n) is 14.9. The zero-order chi connectivity index (χ0) is 17.6. The van der Waals surface area contributed by atoms with Crippen LogP contribution >= 0.6 is 0 Å². The summed E-state index contributed by atoms with van der Waals surface area (Å²) in [6.07, 6.45) is 7.65. The number of likely N-dealkylation sites (tertiary alicyclic amines) is 1. The van der Waals surface area contributed by atoms with Gasteiger partial charge in [0.1, 0.15) is 0 Å². The summed E-state index contributed by atoms with van der Waals surface area (Å²) in [5, 5.41) is 10.2. The number of carbonyl (C=O) groups excluding carboxylic acids is 1. The van der Waals surface area contributed by atoms with Gasteiger partial charge in [-0.2, -0.15) is 5.10 Å². The number of urea groups is 1. The lowest BCUT2D eigenvalue weighted by atomic mass is 9.91. The fourth-order valence-electron chi connectivity index (χ4n) is 3.20. The highest BCUT2D eigenvalue weighted by molar-refractivity contribution is 5.88. The first-order chi connectivity index (χ1) is 12.1. The van der Waals surface area contributed by atoms with E-state index in [1.165, 1.54) is 0 Å². The minimum atomic E-state index is -0.196. The van der Waals surface area contributed by atoms with Gasteiger partial charge >= 0.3 is 6.03 Å². The fourth-order valence-corrected chi connectivity index (χ4v) is 3.20. The molecule has 2 aromatic heterocycles. The molecular formula is C18H26N6O. The van der Waals surface area contributed by atoms with E-state index in [0.29, 0.717) is 18.3 Å². The summed E-state index contributed by atoms with van der Waals surface area (Å²) in [6.45, 7) is 4.90. The Bertz CT molecular complexity index is 678. The second kappa shape index (κ2) is 8.11. The maximum absolute atomic E-state index is 12.2. The van der Waals surface area contributed by atoms with Crippen molar-refractivity contribution in [2.24, 2.45) is 5.92 Å². The number of amides is 2. The molecule has 2 amide bonds. The van der Waals surface area contributed by atoms with Crippen LogP contribution in [0.2, 0.25) is 0 Å². The molecule has 1 aliphatic heterocycles. The molecule has 0 spiro atoms. The van der Waals surface area contributed by atoms with E-state index in [1.54, 1.807) is 16.9 Å². The molecule has 1 fully saturated rings. The van der Waals surface area contributed by atoms with Crippen LogP contribution in [0.3, 0.4) is 0 Å². The van der Waals surface area contributed by atoms with Crippen molar-refractivity contribution in [3.8, 4) is 0 Å². The molecule has 7 heteroatoms. The molecule has 134 valence electrons. The van der Waals surface area contributed by atoms with E-state index >= 15 is 0 Å². The van der Waals surface area contributed by atoms with E-state index in [9.17, 15) is 4.79 Å². The van der Waals surface area contributed by atoms with E-state index in [4.69, 9.17) is 0 Å². The van der Waals surface area contributed by atoms with Crippen molar-refractivity contribution in [3.63, 3.8) is 0 Å². The van der Waals surface area contributed by atoms with Gasteiger partial charge in [0.2, 0.25) is 0 Å². The van der Waals surface area contributed by atoms with Crippen LogP contribution in [0.5, 0.6) is 0 Å². The van der Waals surface area contributed by atoms with Crippen molar-refractivity contribution in [1.82, 2.24) is 25.0 Å². The van der Waals surface area contributed by atoms with Crippen molar-refractivity contribution in [3.05, 3.63) is 42.4 Å². The van der Waals surface area contributed by atoms with E-state index in [0.717, 1.165) is 31.5 Å². The normalized spacial score (nSPS) is 17.2. The molecule has 3 heterocycles. The van der Waals surface area contributed by atoms with Crippen LogP contribution in [0.4, 0.5) is 10.6 Å². The quantitative estimate of drug-likeness (QED) is 0.873. The summed E-state index contributed by atoms with van der Waals surface area (Å²) in [5.74, 6) is 1.09. The molecule has 3 rings (SSSR count). The first-order valence-electron chi connectivity index (χ1n) is 8.78. The summed E-state index contributed by atoms with van der Waals surface area (Å²) in [4.78, 5) is 18.6. The number of hydrogen-bond donors (Lipinski definition) is 2. The molecule has 1 atom stereocenters. The van der Waals surface area contributed by atoms with Crippen LogP contribution in [0.25, 0.3) is 0 Å². The van der Waals surface area contributed by atoms with Crippen molar-refractivity contribution in [1.29, 1.82) is 0 Å². The van der Waals surface area contributed by atoms with Crippen LogP contribution < -0.4 is 10.6 Å². The Morgan fingerprint density at radius 3 is 2.88 bits per heavy atom. The highest BCUT2D eigenvalue weighted by Gasteiger charge is 2.23. The number of nitrogens with zero attached hydrogens (tertiary/aromatic N) is 4. The standard InChI is InChI=1S/C18H26N6O/c1-14(16-5-9-23(2)10-6-16)20-18(25)21-17-7-11-24(22-17)13-15-4-3-8-19-12-15/h3-4,7-8,11-12,14,16H,5-6,9-10,13H2,1-2H3,(H2,20,21,22,25)/t14-/m0/s1. The van der Waals surface area contributed by atoms with Gasteiger partial charge in [-0.25, -0.2) is 4.79 Å². The third-order valence-corrected chi connectivity index (χ3v) is 4.78. The van der Waals surface area contributed by atoms with E-state index in [2.05, 4.69) is 39.6 Å². The Kier molecular flexibility index (Phi) is 5.65. The van der Waals surface area contributed by atoms with Gasteiger partial charge in [0, 0.05) is 30.7 Å². The van der Waals surface area contributed by atoms with Crippen molar-refractivity contribution in [2.45, 2.75) is 32.4 Å². The number of carbonyl (C=O) groups is 1. The number of rotatable bonds is 5. The van der Waals surface area contributed by atoms with E-state index < -0.39 is 0 Å². The molecule has 0 aliphatic carbocycles. The Morgan fingerprint density at radius 1 is 1.36 bits per heavy atom. The Balaban J connectivity index is 1.48. The van der Waals surface area contributed by atoms with Gasteiger partial charge < -0.3 is 10.2 Å². The first-order valence-corrected chi connectivity index (χ1v) is 8.78. The van der Waals surface area contributed by atoms with Crippen LogP contribution in [0.15, 0.2) is 36.8 Å². The van der Waals surface area contributed by atoms with Crippen LogP contribution in [0.1, 0.15) is 25.3 Å². The zero-order valence-corrected chi connectivity index (χ0v) is 14.9. The lowest BCUT2D eigenvalue weighted by Crippen LogP contribution is -2.44. The molecule has 2 N–H and O–H groups in total. The maximum Gasteiger partial charge on any atom is 0.320 e. The summed E-state index contributed by atoms with van der Waals surface area (Å²) in [5.41, 5.74) is 1.07. The van der Waals surface area contributed by atoms with Gasteiger partial charge in [0.05, 0.1) is 6.54 Å². The van der Waals surface area contributed by atoms with Gasteiger partial charge in [0.25, 0.3) is 0 Å². The second-order valence-corrected chi connectivity index (χ2v) is 6.79. The average Bonchev–Trinajstić information content (AvgIpc) is 3.03. The molecule has 0 radical (unpaired) electrons. The Labute approximate surface area is 148 Å². The molecule has 2 aromatic rings. The maximum atomic E-state index is 12.2. The van der Waals surface area contributed by atoms with Crippen molar-refractivity contribution < 1.29 is 4.79 Å². The molecule has 0 aromatic carbocycles. The lowest BCUT2D eigenvalue weighted by molar-refractivity contribution is 0.189. The van der Waals surface area contributed by atoms with Crippen molar-refractivity contribution >= 4 is 11.8 Å². The van der Waals surface area contributed by atoms with Crippen LogP contribution in [-0.2, 0) is 6.54 Å². The Morgan fingerprint density at radius 2 is 2.16 bits per heavy atom. The lowest BCUT2D eigenvalue weighted by Gasteiger charge is -2.32. The molecule has 0 unspecified atom stereocenters. The average molecular weight is 342 g/mol. The third kappa shape index (κ3) is 5.03. The molecular weight excluding hydrogens is 316 g/mol. The summed E-state index contributed by atoms with van der Waals surface area (Å²) in [6, 6.07) is 5.66. The predicted octanol–water partition coefficient (Wildman–Crippen LogP) is 2.18. The van der Waals surface area contributed by atoms with E-state index in [1.807, 2.05) is 24.5 Å². The first kappa shape index (κ1) is 17.4. The highest BCUT2D eigenvalue weighted by Crippen LogP contribution is 2.19. The highest BCUT2D eigenvalue weighted by atomic mass is 16.2. The molecule has 1 saturated heterocycles. The third-order valence-electron chi connectivity index (χ3n) is 4.78. The number of hydrogen-bond acceptors (Lipinski definition) is 4. The smallest absolute Gasteiger partial charge is 0.320 e. The molecule has 1 aliphatic rings. The number of anilines is 1. The van der Waals surface area contributed by atoms with Gasteiger partial charge in [0.15, 0.2) is 5.82 Å². The molecule has 0 saturated carbocycles. The minimum absolute atomic E-state index is 0.158. The number of nitrogens with one attached hydrogen (secondary N) is 2. The topological polar surface area (TPSA) is 75.1 Å². The number of pyridine rings is 1. The van der Waals surface area contributed by atoms with Crippen LogP contribution in [-0.4, -0.2) is 51.9 Å². The Hall–Kier alpha value is -2.41. The molecule has 25 heavy (non-hydrogen) atoms. The molecule has 7 nitrogen and oxygen atoms in total. The fraction of sp³-hybridized carbons (Fsp3) is 0.500.